The summed E-state index contributed by atoms with van der Waals surface area (Å²) in [6.45, 7) is 3.37. The van der Waals surface area contributed by atoms with Gasteiger partial charge in [0, 0.05) is 13.6 Å². The number of aliphatic imine (C=N–C) groups is 1. The van der Waals surface area contributed by atoms with Crippen LogP contribution in [0.15, 0.2) is 4.99 Å². The number of nitrogens with two attached hydrogens (primary N) is 1. The van der Waals surface area contributed by atoms with Gasteiger partial charge in [0.15, 0.2) is 5.96 Å². The van der Waals surface area contributed by atoms with Gasteiger partial charge in [-0.2, -0.15) is 5.10 Å². The van der Waals surface area contributed by atoms with Gasteiger partial charge in [0.25, 0.3) is 0 Å². The Morgan fingerprint density at radius 1 is 1.58 bits per heavy atom. The molecule has 6 nitrogen and oxygen atoms in total. The molecule has 6 heteroatoms. The summed E-state index contributed by atoms with van der Waals surface area (Å²) >= 11 is 0. The zero-order valence-corrected chi connectivity index (χ0v) is 11.9. The van der Waals surface area contributed by atoms with E-state index in [1.807, 2.05) is 14.0 Å². The van der Waals surface area contributed by atoms with Crippen LogP contribution in [-0.4, -0.2) is 29.4 Å². The number of aromatic nitrogens is 2. The first-order valence-corrected chi connectivity index (χ1v) is 6.72. The van der Waals surface area contributed by atoms with E-state index in [-0.39, 0.29) is 0 Å². The first-order chi connectivity index (χ1) is 9.11. The summed E-state index contributed by atoms with van der Waals surface area (Å²) in [6, 6.07) is 0. The van der Waals surface area contributed by atoms with Crippen LogP contribution in [0.1, 0.15) is 30.5 Å². The van der Waals surface area contributed by atoms with E-state index in [2.05, 4.69) is 15.4 Å². The van der Waals surface area contributed by atoms with Crippen LogP contribution in [0.3, 0.4) is 0 Å². The van der Waals surface area contributed by atoms with E-state index in [9.17, 15) is 0 Å². The van der Waals surface area contributed by atoms with Gasteiger partial charge in [-0.1, -0.05) is 6.42 Å². The van der Waals surface area contributed by atoms with Gasteiger partial charge in [0.05, 0.1) is 24.9 Å². The quantitative estimate of drug-likeness (QED) is 0.613. The minimum absolute atomic E-state index is 0.492. The highest BCUT2D eigenvalue weighted by molar-refractivity contribution is 5.77. The molecular formula is C13H23N5O. The fourth-order valence-electron chi connectivity index (χ4n) is 2.28. The molecule has 3 N–H and O–H groups in total. The van der Waals surface area contributed by atoms with E-state index in [1.54, 1.807) is 11.8 Å². The first kappa shape index (κ1) is 13.7. The molecule has 0 radical (unpaired) electrons. The zero-order valence-electron chi connectivity index (χ0n) is 11.9. The van der Waals surface area contributed by atoms with Crippen LogP contribution in [0.4, 0.5) is 0 Å². The Morgan fingerprint density at radius 2 is 2.32 bits per heavy atom. The molecule has 0 saturated heterocycles. The van der Waals surface area contributed by atoms with Crippen molar-refractivity contribution in [1.82, 2.24) is 15.1 Å². The Kier molecular flexibility index (Phi) is 4.29. The lowest BCUT2D eigenvalue weighted by Gasteiger charge is -2.25. The third-order valence-corrected chi connectivity index (χ3v) is 3.69. The number of ether oxygens (including phenoxy) is 1. The second-order valence-corrected chi connectivity index (χ2v) is 5.08. The van der Waals surface area contributed by atoms with Crippen molar-refractivity contribution in [3.63, 3.8) is 0 Å². The lowest BCUT2D eigenvalue weighted by molar-refractivity contribution is 0.315. The number of guanidine groups is 1. The molecule has 0 bridgehead atoms. The molecular weight excluding hydrogens is 242 g/mol. The average molecular weight is 265 g/mol. The smallest absolute Gasteiger partial charge is 0.216 e. The number of nitrogens with zero attached hydrogens (tertiary/aromatic N) is 3. The van der Waals surface area contributed by atoms with Crippen molar-refractivity contribution in [2.75, 3.05) is 13.7 Å². The van der Waals surface area contributed by atoms with Gasteiger partial charge in [0.2, 0.25) is 5.88 Å². The van der Waals surface area contributed by atoms with Crippen molar-refractivity contribution in [2.45, 2.75) is 32.7 Å². The van der Waals surface area contributed by atoms with Gasteiger partial charge in [-0.25, -0.2) is 9.67 Å². The van der Waals surface area contributed by atoms with Crippen molar-refractivity contribution >= 4 is 5.96 Å². The second-order valence-electron chi connectivity index (χ2n) is 5.08. The van der Waals surface area contributed by atoms with Crippen LogP contribution in [0.25, 0.3) is 0 Å². The third kappa shape index (κ3) is 3.19. The van der Waals surface area contributed by atoms with Crippen molar-refractivity contribution in [2.24, 2.45) is 23.7 Å². The number of hydrogen-bond acceptors (Lipinski definition) is 3. The predicted octanol–water partition coefficient (Wildman–Crippen LogP) is 0.942. The zero-order chi connectivity index (χ0) is 13.8. The number of hydrogen-bond donors (Lipinski definition) is 2. The van der Waals surface area contributed by atoms with E-state index in [0.29, 0.717) is 12.5 Å². The summed E-state index contributed by atoms with van der Waals surface area (Å²) < 4.78 is 7.04. The summed E-state index contributed by atoms with van der Waals surface area (Å²) in [6.07, 6.45) is 3.95. The Balaban J connectivity index is 1.92. The van der Waals surface area contributed by atoms with E-state index >= 15 is 0 Å². The predicted molar refractivity (Wildman–Crippen MR) is 75.2 cm³/mol. The molecule has 0 atom stereocenters. The van der Waals surface area contributed by atoms with Crippen LogP contribution >= 0.6 is 0 Å². The van der Waals surface area contributed by atoms with Crippen molar-refractivity contribution < 1.29 is 4.74 Å². The van der Waals surface area contributed by atoms with E-state index in [1.165, 1.54) is 19.3 Å². The SMILES string of the molecule is COc1c(CN=C(N)NCC2CCC2)c(C)nn1C. The molecule has 1 fully saturated rings. The molecule has 1 heterocycles. The normalized spacial score (nSPS) is 16.3. The molecule has 0 aromatic carbocycles. The molecule has 1 aromatic rings. The standard InChI is InChI=1S/C13H23N5O/c1-9-11(12(19-3)18(2)17-9)8-16-13(14)15-7-10-5-4-6-10/h10H,4-8H2,1-3H3,(H3,14,15,16). The first-order valence-electron chi connectivity index (χ1n) is 6.72. The van der Waals surface area contributed by atoms with Gasteiger partial charge in [-0.05, 0) is 25.7 Å². The lowest BCUT2D eigenvalue weighted by Crippen LogP contribution is -2.37. The Bertz CT molecular complexity index is 462. The summed E-state index contributed by atoms with van der Waals surface area (Å²) in [4.78, 5) is 4.36. The summed E-state index contributed by atoms with van der Waals surface area (Å²) in [7, 11) is 3.50. The highest BCUT2D eigenvalue weighted by Gasteiger charge is 2.17. The fraction of sp³-hybridized carbons (Fsp3) is 0.692. The maximum absolute atomic E-state index is 5.87. The van der Waals surface area contributed by atoms with Crippen molar-refractivity contribution in [3.8, 4) is 5.88 Å². The van der Waals surface area contributed by atoms with E-state index in [0.717, 1.165) is 29.6 Å². The molecule has 0 unspecified atom stereocenters. The highest BCUT2D eigenvalue weighted by atomic mass is 16.5. The molecule has 0 aliphatic heterocycles. The second kappa shape index (κ2) is 5.95. The minimum atomic E-state index is 0.492. The molecule has 106 valence electrons. The number of aryl methyl sites for hydroxylation is 2. The maximum Gasteiger partial charge on any atom is 0.216 e. The van der Waals surface area contributed by atoms with E-state index < -0.39 is 0 Å². The van der Waals surface area contributed by atoms with E-state index in [4.69, 9.17) is 10.5 Å². The molecule has 1 aliphatic carbocycles. The fourth-order valence-corrected chi connectivity index (χ4v) is 2.28. The highest BCUT2D eigenvalue weighted by Crippen LogP contribution is 2.25. The van der Waals surface area contributed by atoms with Gasteiger partial charge in [0.1, 0.15) is 0 Å². The molecule has 1 saturated carbocycles. The van der Waals surface area contributed by atoms with Gasteiger partial charge in [-0.15, -0.1) is 0 Å². The van der Waals surface area contributed by atoms with Crippen LogP contribution in [0.5, 0.6) is 5.88 Å². The summed E-state index contributed by atoms with van der Waals surface area (Å²) in [5.74, 6) is 2.01. The molecule has 19 heavy (non-hydrogen) atoms. The Hall–Kier alpha value is -1.72. The average Bonchev–Trinajstić information content (AvgIpc) is 2.58. The third-order valence-electron chi connectivity index (χ3n) is 3.69. The number of methoxy groups -OCH3 is 1. The molecule has 1 aliphatic rings. The van der Waals surface area contributed by atoms with Gasteiger partial charge < -0.3 is 15.8 Å². The summed E-state index contributed by atoms with van der Waals surface area (Å²) in [5.41, 5.74) is 7.78. The van der Waals surface area contributed by atoms with Crippen LogP contribution < -0.4 is 15.8 Å². The lowest BCUT2D eigenvalue weighted by atomic mass is 9.85. The Labute approximate surface area is 114 Å². The number of nitrogens with one attached hydrogen (secondary N) is 1. The Morgan fingerprint density at radius 3 is 2.89 bits per heavy atom. The molecule has 1 aromatic heterocycles. The van der Waals surface area contributed by atoms with Crippen LogP contribution in [0, 0.1) is 12.8 Å². The minimum Gasteiger partial charge on any atom is -0.481 e. The number of rotatable bonds is 5. The summed E-state index contributed by atoms with van der Waals surface area (Å²) in [5, 5.41) is 7.50. The van der Waals surface area contributed by atoms with Gasteiger partial charge in [-0.3, -0.25) is 0 Å². The molecule has 0 spiro atoms. The van der Waals surface area contributed by atoms with Crippen LogP contribution in [0.2, 0.25) is 0 Å². The van der Waals surface area contributed by atoms with Gasteiger partial charge >= 0.3 is 0 Å². The monoisotopic (exact) mass is 265 g/mol. The van der Waals surface area contributed by atoms with Crippen molar-refractivity contribution in [3.05, 3.63) is 11.3 Å². The molecule has 0 amide bonds. The maximum atomic E-state index is 5.87. The largest absolute Gasteiger partial charge is 0.481 e. The molecule has 2 rings (SSSR count). The topological polar surface area (TPSA) is 77.5 Å². The van der Waals surface area contributed by atoms with Crippen LogP contribution in [-0.2, 0) is 13.6 Å². The van der Waals surface area contributed by atoms with Crippen molar-refractivity contribution in [1.29, 1.82) is 0 Å².